The smallest absolute Gasteiger partial charge is 0.272 e. The molecule has 0 bridgehead atoms. The van der Waals surface area contributed by atoms with Crippen LogP contribution in [0.3, 0.4) is 0 Å². The van der Waals surface area contributed by atoms with Gasteiger partial charge in [0.15, 0.2) is 11.5 Å². The van der Waals surface area contributed by atoms with Crippen LogP contribution in [0.4, 0.5) is 5.69 Å². The van der Waals surface area contributed by atoms with Gasteiger partial charge in [-0.3, -0.25) is 4.79 Å². The van der Waals surface area contributed by atoms with Crippen molar-refractivity contribution in [2.45, 2.75) is 19.5 Å². The summed E-state index contributed by atoms with van der Waals surface area (Å²) in [6.07, 6.45) is 0.810. The number of halogens is 1. The number of hydrogen-bond acceptors (Lipinski definition) is 4. The van der Waals surface area contributed by atoms with Crippen molar-refractivity contribution in [3.63, 3.8) is 0 Å². The van der Waals surface area contributed by atoms with Crippen molar-refractivity contribution >= 4 is 34.1 Å². The van der Waals surface area contributed by atoms with E-state index in [1.807, 2.05) is 42.5 Å². The molecule has 0 saturated heterocycles. The molecule has 1 aliphatic rings. The maximum absolute atomic E-state index is 13.0. The van der Waals surface area contributed by atoms with E-state index in [-0.39, 0.29) is 5.91 Å². The number of hydrogen-bond donors (Lipinski definition) is 3. The van der Waals surface area contributed by atoms with E-state index in [2.05, 4.69) is 27.8 Å². The minimum atomic E-state index is -0.236. The van der Waals surface area contributed by atoms with E-state index in [0.29, 0.717) is 41.9 Å². The number of amides is 1. The fraction of sp³-hybridized carbons (Fsp3) is 0.192. The Bertz CT molecular complexity index is 1290. The van der Waals surface area contributed by atoms with Crippen LogP contribution in [0.1, 0.15) is 28.0 Å². The maximum atomic E-state index is 13.0. The van der Waals surface area contributed by atoms with Crippen molar-refractivity contribution in [2.24, 2.45) is 0 Å². The number of fused-ring (bicyclic) bond motifs is 2. The summed E-state index contributed by atoms with van der Waals surface area (Å²) in [5.41, 5.74) is 4.10. The molecule has 3 aromatic carbocycles. The number of benzene rings is 3. The van der Waals surface area contributed by atoms with Gasteiger partial charge in [0.2, 0.25) is 0 Å². The van der Waals surface area contributed by atoms with Gasteiger partial charge < -0.3 is 25.1 Å². The van der Waals surface area contributed by atoms with Gasteiger partial charge >= 0.3 is 0 Å². The van der Waals surface area contributed by atoms with E-state index in [9.17, 15) is 4.79 Å². The number of carbonyl (C=O) groups is 1. The lowest BCUT2D eigenvalue weighted by Crippen LogP contribution is -2.16. The SMILES string of the molecule is O=C(Nc1cc(CNCc2ccccc2)c2c(c1)OCCCO2)c1cc2cc(Cl)ccc2[nH]1. The van der Waals surface area contributed by atoms with Gasteiger partial charge in [-0.25, -0.2) is 0 Å². The van der Waals surface area contributed by atoms with Crippen LogP contribution in [0, 0.1) is 0 Å². The van der Waals surface area contributed by atoms with Crippen LogP contribution in [-0.4, -0.2) is 24.1 Å². The van der Waals surface area contributed by atoms with E-state index in [0.717, 1.165) is 35.2 Å². The normalized spacial score (nSPS) is 13.0. The molecule has 0 radical (unpaired) electrons. The summed E-state index contributed by atoms with van der Waals surface area (Å²) >= 11 is 6.07. The number of anilines is 1. The van der Waals surface area contributed by atoms with Crippen LogP contribution in [0.15, 0.2) is 66.7 Å². The summed E-state index contributed by atoms with van der Waals surface area (Å²) in [5, 5.41) is 7.96. The number of aromatic amines is 1. The molecule has 0 spiro atoms. The summed E-state index contributed by atoms with van der Waals surface area (Å²) in [6, 6.07) is 21.2. The lowest BCUT2D eigenvalue weighted by molar-refractivity contribution is 0.102. The molecule has 33 heavy (non-hydrogen) atoms. The predicted octanol–water partition coefficient (Wildman–Crippen LogP) is 5.52. The van der Waals surface area contributed by atoms with E-state index in [1.165, 1.54) is 5.56 Å². The van der Waals surface area contributed by atoms with Crippen molar-refractivity contribution < 1.29 is 14.3 Å². The molecule has 6 nitrogen and oxygen atoms in total. The summed E-state index contributed by atoms with van der Waals surface area (Å²) in [6.45, 7) is 2.48. The zero-order valence-electron chi connectivity index (χ0n) is 18.0. The molecule has 1 aromatic heterocycles. The molecule has 1 amide bonds. The second-order valence-corrected chi connectivity index (χ2v) is 8.41. The van der Waals surface area contributed by atoms with Gasteiger partial charge in [-0.05, 0) is 35.9 Å². The van der Waals surface area contributed by atoms with Crippen LogP contribution in [0.5, 0.6) is 11.5 Å². The van der Waals surface area contributed by atoms with Crippen LogP contribution in [0.25, 0.3) is 10.9 Å². The third-order valence-corrected chi connectivity index (χ3v) is 5.73. The second-order valence-electron chi connectivity index (χ2n) is 7.97. The Kier molecular flexibility index (Phi) is 6.19. The fourth-order valence-corrected chi connectivity index (χ4v) is 4.09. The molecule has 4 aromatic rings. The van der Waals surface area contributed by atoms with Crippen LogP contribution in [0.2, 0.25) is 5.02 Å². The van der Waals surface area contributed by atoms with Gasteiger partial charge in [0.05, 0.1) is 13.2 Å². The first-order chi connectivity index (χ1) is 16.2. The Morgan fingerprint density at radius 1 is 0.970 bits per heavy atom. The van der Waals surface area contributed by atoms with Crippen molar-refractivity contribution in [2.75, 3.05) is 18.5 Å². The molecule has 7 heteroatoms. The van der Waals surface area contributed by atoms with E-state index in [4.69, 9.17) is 21.1 Å². The largest absolute Gasteiger partial charge is 0.489 e. The van der Waals surface area contributed by atoms with Gasteiger partial charge in [-0.15, -0.1) is 0 Å². The van der Waals surface area contributed by atoms with Crippen LogP contribution in [-0.2, 0) is 13.1 Å². The summed E-state index contributed by atoms with van der Waals surface area (Å²) in [5.74, 6) is 1.14. The number of aromatic nitrogens is 1. The van der Waals surface area contributed by atoms with E-state index < -0.39 is 0 Å². The first-order valence-corrected chi connectivity index (χ1v) is 11.3. The van der Waals surface area contributed by atoms with Gasteiger partial charge in [0.1, 0.15) is 5.69 Å². The Morgan fingerprint density at radius 3 is 2.70 bits per heavy atom. The van der Waals surface area contributed by atoms with Gasteiger partial charge in [0, 0.05) is 52.8 Å². The predicted molar refractivity (Wildman–Crippen MR) is 130 cm³/mol. The zero-order valence-corrected chi connectivity index (χ0v) is 18.7. The third-order valence-electron chi connectivity index (χ3n) is 5.50. The Morgan fingerprint density at radius 2 is 1.82 bits per heavy atom. The van der Waals surface area contributed by atoms with Crippen LogP contribution < -0.4 is 20.1 Å². The van der Waals surface area contributed by atoms with Crippen LogP contribution >= 0.6 is 11.6 Å². The molecule has 0 atom stereocenters. The van der Waals surface area contributed by atoms with Crippen molar-refractivity contribution in [1.82, 2.24) is 10.3 Å². The molecule has 0 aliphatic carbocycles. The highest BCUT2D eigenvalue weighted by Crippen LogP contribution is 2.37. The Balaban J connectivity index is 1.37. The standard InChI is InChI=1S/C26H24ClN3O3/c27-20-7-8-22-18(11-20)13-23(30-22)26(31)29-21-12-19(16-28-15-17-5-2-1-3-6-17)25-24(14-21)32-9-4-10-33-25/h1-3,5-8,11-14,28,30H,4,9-10,15-16H2,(H,29,31). The molecule has 2 heterocycles. The molecule has 0 saturated carbocycles. The number of nitrogens with one attached hydrogen (secondary N) is 3. The highest BCUT2D eigenvalue weighted by Gasteiger charge is 2.18. The number of rotatable bonds is 6. The minimum absolute atomic E-state index is 0.236. The molecule has 168 valence electrons. The Hall–Kier alpha value is -3.48. The highest BCUT2D eigenvalue weighted by molar-refractivity contribution is 6.31. The molecule has 0 unspecified atom stereocenters. The van der Waals surface area contributed by atoms with Crippen molar-refractivity contribution in [3.8, 4) is 11.5 Å². The molecule has 3 N–H and O–H groups in total. The van der Waals surface area contributed by atoms with Gasteiger partial charge in [0.25, 0.3) is 5.91 Å². The molecule has 5 rings (SSSR count). The fourth-order valence-electron chi connectivity index (χ4n) is 3.91. The average molecular weight is 462 g/mol. The van der Waals surface area contributed by atoms with E-state index >= 15 is 0 Å². The molecular formula is C26H24ClN3O3. The topological polar surface area (TPSA) is 75.4 Å². The number of H-pyrrole nitrogens is 1. The van der Waals surface area contributed by atoms with Gasteiger partial charge in [-0.2, -0.15) is 0 Å². The summed E-state index contributed by atoms with van der Waals surface area (Å²) in [7, 11) is 0. The maximum Gasteiger partial charge on any atom is 0.272 e. The van der Waals surface area contributed by atoms with E-state index in [1.54, 1.807) is 12.1 Å². The first-order valence-electron chi connectivity index (χ1n) is 10.9. The molecule has 1 aliphatic heterocycles. The van der Waals surface area contributed by atoms with Gasteiger partial charge in [-0.1, -0.05) is 41.9 Å². The van der Waals surface area contributed by atoms with Crippen molar-refractivity contribution in [3.05, 3.63) is 88.6 Å². The summed E-state index contributed by atoms with van der Waals surface area (Å²) < 4.78 is 11.9. The monoisotopic (exact) mass is 461 g/mol. The second kappa shape index (κ2) is 9.57. The minimum Gasteiger partial charge on any atom is -0.489 e. The van der Waals surface area contributed by atoms with Crippen molar-refractivity contribution in [1.29, 1.82) is 0 Å². The Labute approximate surface area is 196 Å². The average Bonchev–Trinajstić information content (AvgIpc) is 3.09. The quantitative estimate of drug-likeness (QED) is 0.353. The number of carbonyl (C=O) groups excluding carboxylic acids is 1. The summed E-state index contributed by atoms with van der Waals surface area (Å²) in [4.78, 5) is 16.1. The first kappa shape index (κ1) is 21.4. The number of ether oxygens (including phenoxy) is 2. The zero-order chi connectivity index (χ0) is 22.6. The lowest BCUT2D eigenvalue weighted by Gasteiger charge is -2.16. The molecular weight excluding hydrogens is 438 g/mol. The molecule has 0 fully saturated rings. The third kappa shape index (κ3) is 4.97. The highest BCUT2D eigenvalue weighted by atomic mass is 35.5. The lowest BCUT2D eigenvalue weighted by atomic mass is 10.1.